The van der Waals surface area contributed by atoms with Crippen molar-refractivity contribution in [1.29, 1.82) is 0 Å². The van der Waals surface area contributed by atoms with E-state index in [9.17, 15) is 13.2 Å². The van der Waals surface area contributed by atoms with Crippen molar-refractivity contribution in [2.75, 3.05) is 25.4 Å². The van der Waals surface area contributed by atoms with Crippen molar-refractivity contribution in [1.82, 2.24) is 29.6 Å². The molecule has 5 rings (SSSR count). The van der Waals surface area contributed by atoms with Crippen molar-refractivity contribution in [3.8, 4) is 10.7 Å². The van der Waals surface area contributed by atoms with Crippen molar-refractivity contribution in [3.05, 3.63) is 40.3 Å². The summed E-state index contributed by atoms with van der Waals surface area (Å²) in [6, 6.07) is 2.73. The number of hydrogen-bond donors (Lipinski definition) is 0. The lowest BCUT2D eigenvalue weighted by Gasteiger charge is -2.21. The van der Waals surface area contributed by atoms with Gasteiger partial charge in [0.1, 0.15) is 5.69 Å². The van der Waals surface area contributed by atoms with Crippen LogP contribution in [0.3, 0.4) is 0 Å². The minimum atomic E-state index is -4.39. The Hall–Kier alpha value is -1.69. The molecule has 0 aromatic carbocycles. The highest BCUT2D eigenvalue weighted by atomic mass is 35.5. The molecule has 0 bridgehead atoms. The van der Waals surface area contributed by atoms with Crippen LogP contribution in [-0.4, -0.2) is 55.0 Å². The second-order valence-corrected chi connectivity index (χ2v) is 11.2. The Bertz CT molecular complexity index is 1160. The first-order valence-corrected chi connectivity index (χ1v) is 12.7. The number of piperidine rings is 1. The third-order valence-corrected chi connectivity index (χ3v) is 8.81. The number of pyridine rings is 1. The van der Waals surface area contributed by atoms with Gasteiger partial charge in [-0.2, -0.15) is 13.2 Å². The predicted octanol–water partition coefficient (Wildman–Crippen LogP) is 5.15. The average molecular weight is 531 g/mol. The minimum absolute atomic E-state index is 0. The third-order valence-electron chi connectivity index (χ3n) is 6.64. The van der Waals surface area contributed by atoms with Crippen LogP contribution in [0.15, 0.2) is 23.5 Å². The summed E-state index contributed by atoms with van der Waals surface area (Å²) in [6.07, 6.45) is -0.899. The van der Waals surface area contributed by atoms with Crippen molar-refractivity contribution < 1.29 is 13.2 Å². The summed E-state index contributed by atoms with van der Waals surface area (Å²) in [5, 5.41) is 10.6. The van der Waals surface area contributed by atoms with E-state index in [4.69, 9.17) is 0 Å². The third kappa shape index (κ3) is 4.72. The van der Waals surface area contributed by atoms with Gasteiger partial charge in [-0.15, -0.1) is 33.9 Å². The molecule has 2 atom stereocenters. The van der Waals surface area contributed by atoms with E-state index in [0.717, 1.165) is 76.4 Å². The van der Waals surface area contributed by atoms with Crippen LogP contribution in [-0.2, 0) is 18.6 Å². The number of likely N-dealkylation sites (tertiary alicyclic amines) is 1. The van der Waals surface area contributed by atoms with Crippen LogP contribution in [0.1, 0.15) is 34.8 Å². The van der Waals surface area contributed by atoms with Crippen LogP contribution in [0, 0.1) is 19.8 Å². The monoisotopic (exact) mass is 530 g/mol. The van der Waals surface area contributed by atoms with Crippen LogP contribution < -0.4 is 0 Å². The summed E-state index contributed by atoms with van der Waals surface area (Å²) in [5.41, 5.74) is 1.10. The second kappa shape index (κ2) is 9.40. The number of aromatic nitrogens is 5. The quantitative estimate of drug-likeness (QED) is 0.311. The van der Waals surface area contributed by atoms with Crippen molar-refractivity contribution in [2.45, 2.75) is 43.4 Å². The number of hydrogen-bond acceptors (Lipinski definition) is 7. The summed E-state index contributed by atoms with van der Waals surface area (Å²) >= 11 is 3.33. The normalized spacial score (nSPS) is 22.0. The fourth-order valence-electron chi connectivity index (χ4n) is 4.89. The topological polar surface area (TPSA) is 59.7 Å². The molecule has 1 saturated carbocycles. The summed E-state index contributed by atoms with van der Waals surface area (Å²) in [7, 11) is 1.99. The Labute approximate surface area is 210 Å². The summed E-state index contributed by atoms with van der Waals surface area (Å²) in [4.78, 5) is 11.6. The van der Waals surface area contributed by atoms with Crippen molar-refractivity contribution >= 4 is 35.5 Å². The van der Waals surface area contributed by atoms with E-state index in [1.54, 1.807) is 29.2 Å². The highest BCUT2D eigenvalue weighted by molar-refractivity contribution is 7.99. The molecule has 6 nitrogen and oxygen atoms in total. The highest BCUT2D eigenvalue weighted by Gasteiger charge is 2.60. The fourth-order valence-corrected chi connectivity index (χ4v) is 6.66. The van der Waals surface area contributed by atoms with Gasteiger partial charge in [-0.25, -0.2) is 4.98 Å². The van der Waals surface area contributed by atoms with Gasteiger partial charge < -0.3 is 9.47 Å². The lowest BCUT2D eigenvalue weighted by Crippen LogP contribution is -2.28. The van der Waals surface area contributed by atoms with E-state index in [1.807, 2.05) is 25.5 Å². The molecule has 12 heteroatoms. The Morgan fingerprint density at radius 2 is 2.03 bits per heavy atom. The van der Waals surface area contributed by atoms with E-state index in [2.05, 4.69) is 25.1 Å². The number of thioether (sulfide) groups is 1. The second-order valence-electron chi connectivity index (χ2n) is 8.94. The maximum Gasteiger partial charge on any atom is 0.433 e. The van der Waals surface area contributed by atoms with Crippen LogP contribution in [0.2, 0.25) is 0 Å². The number of alkyl halides is 3. The van der Waals surface area contributed by atoms with Gasteiger partial charge in [0, 0.05) is 37.5 Å². The molecule has 34 heavy (non-hydrogen) atoms. The molecule has 3 aromatic heterocycles. The van der Waals surface area contributed by atoms with Gasteiger partial charge in [-0.3, -0.25) is 4.98 Å². The number of thiazole rings is 1. The number of nitrogens with zero attached hydrogens (tertiary/aromatic N) is 6. The largest absolute Gasteiger partial charge is 0.433 e. The number of halogens is 4. The molecule has 0 unspecified atom stereocenters. The first-order valence-electron chi connectivity index (χ1n) is 10.9. The first kappa shape index (κ1) is 25.4. The molecule has 0 N–H and O–H groups in total. The number of aryl methyl sites for hydroxylation is 2. The van der Waals surface area contributed by atoms with Crippen LogP contribution >= 0.6 is 35.5 Å². The van der Waals surface area contributed by atoms with Gasteiger partial charge in [0.15, 0.2) is 11.0 Å². The van der Waals surface area contributed by atoms with Gasteiger partial charge >= 0.3 is 6.18 Å². The van der Waals surface area contributed by atoms with E-state index >= 15 is 0 Å². The average Bonchev–Trinajstić information content (AvgIpc) is 3.00. The minimum Gasteiger partial charge on any atom is -0.304 e. The van der Waals surface area contributed by atoms with Gasteiger partial charge in [-0.05, 0) is 50.8 Å². The van der Waals surface area contributed by atoms with E-state index < -0.39 is 11.9 Å². The van der Waals surface area contributed by atoms with Crippen LogP contribution in [0.25, 0.3) is 10.7 Å². The summed E-state index contributed by atoms with van der Waals surface area (Å²) < 4.78 is 40.5. The molecule has 184 valence electrons. The van der Waals surface area contributed by atoms with Gasteiger partial charge in [-0.1, -0.05) is 17.8 Å². The molecule has 1 saturated heterocycles. The molecule has 3 aromatic rings. The smallest absolute Gasteiger partial charge is 0.304 e. The predicted molar refractivity (Wildman–Crippen MR) is 130 cm³/mol. The van der Waals surface area contributed by atoms with Crippen LogP contribution in [0.4, 0.5) is 13.2 Å². The lowest BCUT2D eigenvalue weighted by molar-refractivity contribution is -0.141. The molecular weight excluding hydrogens is 505 g/mol. The van der Waals surface area contributed by atoms with E-state index in [1.165, 1.54) is 6.20 Å². The molecule has 4 heterocycles. The van der Waals surface area contributed by atoms with Crippen molar-refractivity contribution in [3.63, 3.8) is 0 Å². The van der Waals surface area contributed by atoms with Crippen molar-refractivity contribution in [2.24, 2.45) is 13.0 Å². The molecule has 0 spiro atoms. The van der Waals surface area contributed by atoms with Gasteiger partial charge in [0.05, 0.1) is 15.6 Å². The lowest BCUT2D eigenvalue weighted by atomic mass is 9.96. The fraction of sp³-hybridized carbons (Fsp3) is 0.545. The van der Waals surface area contributed by atoms with Gasteiger partial charge in [0.25, 0.3) is 0 Å². The maximum atomic E-state index is 12.8. The molecular formula is C22H26ClF3N6S2. The molecule has 0 amide bonds. The summed E-state index contributed by atoms with van der Waals surface area (Å²) in [5.74, 6) is 2.31. The molecule has 0 radical (unpaired) electrons. The highest BCUT2D eigenvalue weighted by Crippen LogP contribution is 2.59. The Kier molecular flexibility index (Phi) is 7.03. The zero-order chi connectivity index (χ0) is 23.4. The first-order chi connectivity index (χ1) is 15.7. The Morgan fingerprint density at radius 3 is 2.68 bits per heavy atom. The number of rotatable bonds is 7. The van der Waals surface area contributed by atoms with E-state index in [0.29, 0.717) is 5.92 Å². The Balaban J connectivity index is 0.00000274. The van der Waals surface area contributed by atoms with E-state index in [-0.39, 0.29) is 17.8 Å². The molecule has 2 fully saturated rings. The van der Waals surface area contributed by atoms with Gasteiger partial charge in [0.2, 0.25) is 0 Å². The standard InChI is InChI=1S/C22H25F3N6S2.ClH/c1-13-18(33-14(2)27-13)19-28-29-20(30(19)3)32-8-4-7-31-11-16-9-21(16,12-31)15-5-6-17(26-10-15)22(23,24)25;/h5-6,10,16H,4,7-9,11-12H2,1-3H3;1H/t16-,21+;/m1./s1. The van der Waals surface area contributed by atoms with Crippen LogP contribution in [0.5, 0.6) is 0 Å². The molecule has 2 aliphatic rings. The zero-order valence-electron chi connectivity index (χ0n) is 19.1. The SMILES string of the molecule is Cc1nc(C)c(-c2nnc(SCCCN3C[C@H]4C[C@@]4(c4ccc(C(F)(F)F)nc4)C3)n2C)s1.Cl. The molecule has 1 aliphatic heterocycles. The summed E-state index contributed by atoms with van der Waals surface area (Å²) in [6.45, 7) is 6.86. The number of fused-ring (bicyclic) bond motifs is 1. The zero-order valence-corrected chi connectivity index (χ0v) is 21.5. The maximum absolute atomic E-state index is 12.8. The Morgan fingerprint density at radius 1 is 1.24 bits per heavy atom. The molecule has 1 aliphatic carbocycles.